The molecule has 1 N–H and O–H groups in total. The SMILES string of the molecule is Cc1nc(-c2cccc(Cl)c2)sc1C(=O)N1CCCC1C(=O)NC1CC1. The third kappa shape index (κ3) is 3.48. The molecular formula is C19H20ClN3O2S. The minimum Gasteiger partial charge on any atom is -0.352 e. The van der Waals surface area contributed by atoms with Crippen LogP contribution < -0.4 is 5.32 Å². The van der Waals surface area contributed by atoms with Crippen LogP contribution in [0.1, 0.15) is 41.0 Å². The summed E-state index contributed by atoms with van der Waals surface area (Å²) in [5, 5.41) is 4.43. The second-order valence-corrected chi connectivity index (χ2v) is 8.32. The predicted molar refractivity (Wildman–Crippen MR) is 103 cm³/mol. The van der Waals surface area contributed by atoms with E-state index >= 15 is 0 Å². The third-order valence-electron chi connectivity index (χ3n) is 4.80. The van der Waals surface area contributed by atoms with E-state index in [1.807, 2.05) is 31.2 Å². The maximum absolute atomic E-state index is 13.1. The van der Waals surface area contributed by atoms with Gasteiger partial charge in [-0.05, 0) is 44.7 Å². The van der Waals surface area contributed by atoms with E-state index in [9.17, 15) is 9.59 Å². The number of rotatable bonds is 4. The van der Waals surface area contributed by atoms with Crippen LogP contribution in [0, 0.1) is 6.92 Å². The van der Waals surface area contributed by atoms with Gasteiger partial charge in [-0.2, -0.15) is 0 Å². The molecule has 7 heteroatoms. The van der Waals surface area contributed by atoms with Gasteiger partial charge < -0.3 is 10.2 Å². The van der Waals surface area contributed by atoms with Crippen molar-refractivity contribution in [3.05, 3.63) is 39.9 Å². The van der Waals surface area contributed by atoms with E-state index in [1.165, 1.54) is 11.3 Å². The first kappa shape index (κ1) is 17.5. The Balaban J connectivity index is 1.56. The molecule has 1 aliphatic heterocycles. The summed E-state index contributed by atoms with van der Waals surface area (Å²) >= 11 is 7.43. The van der Waals surface area contributed by atoms with Crippen molar-refractivity contribution in [2.24, 2.45) is 0 Å². The van der Waals surface area contributed by atoms with Crippen LogP contribution in [0.15, 0.2) is 24.3 Å². The molecule has 0 bridgehead atoms. The Morgan fingerprint density at radius 2 is 2.12 bits per heavy atom. The molecule has 2 aliphatic rings. The van der Waals surface area contributed by atoms with Gasteiger partial charge in [0.05, 0.1) is 5.69 Å². The minimum absolute atomic E-state index is 0.0180. The Morgan fingerprint density at radius 3 is 2.85 bits per heavy atom. The molecule has 1 aromatic carbocycles. The molecule has 0 radical (unpaired) electrons. The first-order valence-corrected chi connectivity index (χ1v) is 10.1. The number of carbonyl (C=O) groups excluding carboxylic acids is 2. The summed E-state index contributed by atoms with van der Waals surface area (Å²) in [4.78, 5) is 32.4. The van der Waals surface area contributed by atoms with Gasteiger partial charge in [0.1, 0.15) is 15.9 Å². The van der Waals surface area contributed by atoms with E-state index in [2.05, 4.69) is 10.3 Å². The molecule has 2 fully saturated rings. The number of nitrogens with zero attached hydrogens (tertiary/aromatic N) is 2. The summed E-state index contributed by atoms with van der Waals surface area (Å²) in [6, 6.07) is 7.40. The molecular weight excluding hydrogens is 370 g/mol. The molecule has 1 aromatic heterocycles. The van der Waals surface area contributed by atoms with Gasteiger partial charge in [0, 0.05) is 23.2 Å². The van der Waals surface area contributed by atoms with E-state index in [0.29, 0.717) is 28.2 Å². The lowest BCUT2D eigenvalue weighted by Crippen LogP contribution is -2.46. The van der Waals surface area contributed by atoms with E-state index in [4.69, 9.17) is 11.6 Å². The highest BCUT2D eigenvalue weighted by Gasteiger charge is 2.37. The van der Waals surface area contributed by atoms with Crippen LogP contribution in [0.3, 0.4) is 0 Å². The van der Waals surface area contributed by atoms with Gasteiger partial charge in [-0.25, -0.2) is 4.98 Å². The number of halogens is 1. The maximum atomic E-state index is 13.1. The summed E-state index contributed by atoms with van der Waals surface area (Å²) in [7, 11) is 0. The summed E-state index contributed by atoms with van der Waals surface area (Å²) in [6.45, 7) is 2.46. The molecule has 1 aliphatic carbocycles. The van der Waals surface area contributed by atoms with E-state index in [0.717, 1.165) is 36.3 Å². The van der Waals surface area contributed by atoms with Gasteiger partial charge in [0.15, 0.2) is 0 Å². The summed E-state index contributed by atoms with van der Waals surface area (Å²) in [5.41, 5.74) is 1.59. The number of aromatic nitrogens is 1. The van der Waals surface area contributed by atoms with Gasteiger partial charge >= 0.3 is 0 Å². The molecule has 5 nitrogen and oxygen atoms in total. The predicted octanol–water partition coefficient (Wildman–Crippen LogP) is 3.66. The van der Waals surface area contributed by atoms with Gasteiger partial charge in [0.2, 0.25) is 5.91 Å². The Hall–Kier alpha value is -1.92. The van der Waals surface area contributed by atoms with E-state index < -0.39 is 0 Å². The molecule has 4 rings (SSSR count). The number of carbonyl (C=O) groups is 2. The van der Waals surface area contributed by atoms with Crippen molar-refractivity contribution in [2.75, 3.05) is 6.54 Å². The molecule has 2 heterocycles. The van der Waals surface area contributed by atoms with Crippen LogP contribution in [-0.2, 0) is 4.79 Å². The van der Waals surface area contributed by atoms with Crippen LogP contribution >= 0.6 is 22.9 Å². The van der Waals surface area contributed by atoms with Crippen molar-refractivity contribution >= 4 is 34.8 Å². The third-order valence-corrected chi connectivity index (χ3v) is 6.23. The molecule has 2 amide bonds. The zero-order valence-corrected chi connectivity index (χ0v) is 16.1. The largest absolute Gasteiger partial charge is 0.352 e. The summed E-state index contributed by atoms with van der Waals surface area (Å²) in [5.74, 6) is -0.114. The number of benzene rings is 1. The minimum atomic E-state index is -0.362. The van der Waals surface area contributed by atoms with Crippen molar-refractivity contribution in [1.82, 2.24) is 15.2 Å². The van der Waals surface area contributed by atoms with Crippen molar-refractivity contribution in [2.45, 2.75) is 44.7 Å². The average Bonchev–Trinajstić information content (AvgIpc) is 3.15. The van der Waals surface area contributed by atoms with Crippen molar-refractivity contribution < 1.29 is 9.59 Å². The quantitative estimate of drug-likeness (QED) is 0.868. The number of hydrogen-bond acceptors (Lipinski definition) is 4. The number of likely N-dealkylation sites (tertiary alicyclic amines) is 1. The highest BCUT2D eigenvalue weighted by molar-refractivity contribution is 7.17. The first-order chi connectivity index (χ1) is 12.5. The fourth-order valence-electron chi connectivity index (χ4n) is 3.28. The maximum Gasteiger partial charge on any atom is 0.266 e. The van der Waals surface area contributed by atoms with Crippen molar-refractivity contribution in [3.63, 3.8) is 0 Å². The molecule has 1 atom stereocenters. The number of hydrogen-bond donors (Lipinski definition) is 1. The lowest BCUT2D eigenvalue weighted by Gasteiger charge is -2.23. The highest BCUT2D eigenvalue weighted by atomic mass is 35.5. The second-order valence-electron chi connectivity index (χ2n) is 6.88. The monoisotopic (exact) mass is 389 g/mol. The van der Waals surface area contributed by atoms with Crippen LogP contribution in [0.2, 0.25) is 5.02 Å². The van der Waals surface area contributed by atoms with E-state index in [1.54, 1.807) is 4.90 Å². The van der Waals surface area contributed by atoms with Crippen molar-refractivity contribution in [1.29, 1.82) is 0 Å². The van der Waals surface area contributed by atoms with Gasteiger partial charge in [0.25, 0.3) is 5.91 Å². The van der Waals surface area contributed by atoms with Gasteiger partial charge in [-0.15, -0.1) is 11.3 Å². The normalized spacial score (nSPS) is 19.6. The van der Waals surface area contributed by atoms with Crippen LogP contribution in [0.25, 0.3) is 10.6 Å². The first-order valence-electron chi connectivity index (χ1n) is 8.87. The van der Waals surface area contributed by atoms with Crippen molar-refractivity contribution in [3.8, 4) is 10.6 Å². The van der Waals surface area contributed by atoms with Gasteiger partial charge in [-0.3, -0.25) is 9.59 Å². The summed E-state index contributed by atoms with van der Waals surface area (Å²) < 4.78 is 0. The number of thiazole rings is 1. The van der Waals surface area contributed by atoms with Crippen LogP contribution in [0.5, 0.6) is 0 Å². The fourth-order valence-corrected chi connectivity index (χ4v) is 4.49. The highest BCUT2D eigenvalue weighted by Crippen LogP contribution is 2.32. The fraction of sp³-hybridized carbons (Fsp3) is 0.421. The second kappa shape index (κ2) is 7.00. The number of nitrogens with one attached hydrogen (secondary N) is 1. The van der Waals surface area contributed by atoms with Crippen LogP contribution in [-0.4, -0.2) is 40.3 Å². The average molecular weight is 390 g/mol. The Bertz CT molecular complexity index is 862. The summed E-state index contributed by atoms with van der Waals surface area (Å²) in [6.07, 6.45) is 3.67. The Labute approximate surface area is 161 Å². The zero-order valence-electron chi connectivity index (χ0n) is 14.5. The molecule has 26 heavy (non-hydrogen) atoms. The number of amides is 2. The lowest BCUT2D eigenvalue weighted by molar-refractivity contribution is -0.125. The Kier molecular flexibility index (Phi) is 4.71. The topological polar surface area (TPSA) is 62.3 Å². The Morgan fingerprint density at radius 1 is 1.31 bits per heavy atom. The lowest BCUT2D eigenvalue weighted by atomic mass is 10.2. The molecule has 136 valence electrons. The number of aryl methyl sites for hydroxylation is 1. The molecule has 2 aromatic rings. The molecule has 1 unspecified atom stereocenters. The standard InChI is InChI=1S/C19H20ClN3O2S/c1-11-16(26-18(21-11)12-4-2-5-13(20)10-12)19(25)23-9-3-6-15(23)17(24)22-14-7-8-14/h2,4-5,10,14-15H,3,6-9H2,1H3,(H,22,24). The molecule has 0 spiro atoms. The smallest absolute Gasteiger partial charge is 0.266 e. The van der Waals surface area contributed by atoms with Crippen LogP contribution in [0.4, 0.5) is 0 Å². The molecule has 1 saturated carbocycles. The van der Waals surface area contributed by atoms with Gasteiger partial charge in [-0.1, -0.05) is 23.7 Å². The van der Waals surface area contributed by atoms with E-state index in [-0.39, 0.29) is 17.9 Å². The molecule has 1 saturated heterocycles. The zero-order chi connectivity index (χ0) is 18.3.